The van der Waals surface area contributed by atoms with E-state index in [1.807, 2.05) is 6.08 Å². The summed E-state index contributed by atoms with van der Waals surface area (Å²) in [7, 11) is 0. The molecule has 0 aromatic carbocycles. The Morgan fingerprint density at radius 2 is 0.691 bits per heavy atom. The van der Waals surface area contributed by atoms with Gasteiger partial charge in [-0.2, -0.15) is 0 Å². The number of allylic oxidation sites excluding steroid dienone is 3. The Balaban J connectivity index is 3.35. The third-order valence-electron chi connectivity index (χ3n) is 14.2. The molecule has 2 atom stereocenters. The number of unbranched alkanes of at least 4 members (excludes halogenated alkanes) is 44. The third kappa shape index (κ3) is 53.7. The number of amides is 1. The minimum atomic E-state index is -0.841. The highest BCUT2D eigenvalue weighted by Crippen LogP contribution is 2.17. The molecule has 0 aliphatic heterocycles. The molecule has 6 nitrogen and oxygen atoms in total. The van der Waals surface area contributed by atoms with Gasteiger partial charge in [0.25, 0.3) is 0 Å². The summed E-state index contributed by atoms with van der Waals surface area (Å²) >= 11 is 0. The van der Waals surface area contributed by atoms with Gasteiger partial charge in [0.2, 0.25) is 5.91 Å². The number of esters is 1. The van der Waals surface area contributed by atoms with E-state index in [4.69, 9.17) is 4.74 Å². The van der Waals surface area contributed by atoms with Crippen molar-refractivity contribution in [1.29, 1.82) is 0 Å². The summed E-state index contributed by atoms with van der Waals surface area (Å²) in [6.07, 6.45) is 70.9. The SMILES string of the molecule is CCCCCCCCC/C=C/C(O)C(CO)NC(=O)CCCCCCCCCCCCCCC/C=C\CCCCCCCCCCCCCCOC(=O)CCCCCCCCCCCCCCC. The lowest BCUT2D eigenvalue weighted by atomic mass is 10.0. The molecule has 1 amide bonds. The highest BCUT2D eigenvalue weighted by atomic mass is 16.5. The van der Waals surface area contributed by atoms with Crippen LogP contribution in [0.4, 0.5) is 0 Å². The van der Waals surface area contributed by atoms with Crippen molar-refractivity contribution in [1.82, 2.24) is 5.32 Å². The molecule has 0 heterocycles. The Labute approximate surface area is 424 Å². The first-order valence-corrected chi connectivity index (χ1v) is 30.6. The molecule has 2 unspecified atom stereocenters. The van der Waals surface area contributed by atoms with Crippen LogP contribution in [-0.2, 0) is 14.3 Å². The Morgan fingerprint density at radius 3 is 1.04 bits per heavy atom. The second kappa shape index (κ2) is 57.9. The fourth-order valence-corrected chi connectivity index (χ4v) is 9.51. The van der Waals surface area contributed by atoms with Crippen molar-refractivity contribution in [3.63, 3.8) is 0 Å². The Kier molecular flexibility index (Phi) is 56.5. The number of ether oxygens (including phenoxy) is 1. The van der Waals surface area contributed by atoms with Crippen molar-refractivity contribution in [2.45, 2.75) is 347 Å². The van der Waals surface area contributed by atoms with E-state index in [0.717, 1.165) is 38.5 Å². The molecule has 0 radical (unpaired) electrons. The first-order valence-electron chi connectivity index (χ1n) is 30.6. The smallest absolute Gasteiger partial charge is 0.305 e. The molecule has 68 heavy (non-hydrogen) atoms. The maximum Gasteiger partial charge on any atom is 0.305 e. The molecular weight excluding hydrogens is 839 g/mol. The van der Waals surface area contributed by atoms with Crippen molar-refractivity contribution in [3.8, 4) is 0 Å². The molecule has 0 saturated carbocycles. The van der Waals surface area contributed by atoms with Crippen LogP contribution in [0, 0.1) is 0 Å². The van der Waals surface area contributed by atoms with E-state index in [-0.39, 0.29) is 18.5 Å². The molecule has 0 rings (SSSR count). The lowest BCUT2D eigenvalue weighted by Crippen LogP contribution is -2.45. The summed E-state index contributed by atoms with van der Waals surface area (Å²) in [6.45, 7) is 4.89. The maximum atomic E-state index is 12.4. The largest absolute Gasteiger partial charge is 0.466 e. The number of nitrogens with one attached hydrogen (secondary N) is 1. The highest BCUT2D eigenvalue weighted by Gasteiger charge is 2.18. The van der Waals surface area contributed by atoms with E-state index in [9.17, 15) is 19.8 Å². The third-order valence-corrected chi connectivity index (χ3v) is 14.2. The molecule has 0 aromatic heterocycles. The van der Waals surface area contributed by atoms with E-state index < -0.39 is 12.1 Å². The van der Waals surface area contributed by atoms with E-state index in [0.29, 0.717) is 19.4 Å². The van der Waals surface area contributed by atoms with Gasteiger partial charge in [-0.3, -0.25) is 9.59 Å². The Bertz CT molecular complexity index is 1060. The molecular formula is C62H119NO5. The van der Waals surface area contributed by atoms with Gasteiger partial charge in [-0.1, -0.05) is 289 Å². The van der Waals surface area contributed by atoms with Crippen molar-refractivity contribution >= 4 is 11.9 Å². The van der Waals surface area contributed by atoms with Gasteiger partial charge in [-0.05, 0) is 57.8 Å². The number of carbonyl (C=O) groups is 2. The molecule has 0 aliphatic carbocycles. The molecule has 6 heteroatoms. The second-order valence-corrected chi connectivity index (χ2v) is 21.0. The van der Waals surface area contributed by atoms with Crippen LogP contribution in [0.2, 0.25) is 0 Å². The number of hydrogen-bond acceptors (Lipinski definition) is 5. The number of carbonyl (C=O) groups excluding carboxylic acids is 2. The predicted molar refractivity (Wildman–Crippen MR) is 296 cm³/mol. The molecule has 0 saturated heterocycles. The Morgan fingerprint density at radius 1 is 0.397 bits per heavy atom. The highest BCUT2D eigenvalue weighted by molar-refractivity contribution is 5.76. The lowest BCUT2D eigenvalue weighted by Gasteiger charge is -2.20. The van der Waals surface area contributed by atoms with Crippen LogP contribution in [0.15, 0.2) is 24.3 Å². The van der Waals surface area contributed by atoms with Crippen molar-refractivity contribution < 1.29 is 24.5 Å². The number of hydrogen-bond donors (Lipinski definition) is 3. The molecule has 0 aliphatic rings. The maximum absolute atomic E-state index is 12.4. The molecule has 0 aromatic rings. The van der Waals surface area contributed by atoms with E-state index >= 15 is 0 Å². The summed E-state index contributed by atoms with van der Waals surface area (Å²) in [5.74, 6) is -0.0513. The zero-order chi connectivity index (χ0) is 49.3. The standard InChI is InChI=1S/C62H119NO5/c1-3-5-7-9-11-13-14-32-36-40-44-48-52-56-62(67)68-57-53-49-45-41-37-34-31-29-27-25-23-21-19-17-15-16-18-20-22-24-26-28-30-33-35-39-43-47-51-55-61(66)63-59(58-64)60(65)54-50-46-42-38-12-10-8-6-4-2/h15,17,50,54,59-60,64-65H,3-14,16,18-49,51-53,55-58H2,1-2H3,(H,63,66)/b17-15-,54-50+. The normalized spacial score (nSPS) is 12.7. The van der Waals surface area contributed by atoms with Crippen LogP contribution in [0.25, 0.3) is 0 Å². The van der Waals surface area contributed by atoms with E-state index in [2.05, 4.69) is 31.3 Å². The van der Waals surface area contributed by atoms with Gasteiger partial charge in [0.05, 0.1) is 25.4 Å². The van der Waals surface area contributed by atoms with E-state index in [1.165, 1.54) is 270 Å². The summed E-state index contributed by atoms with van der Waals surface area (Å²) in [6, 6.07) is -0.624. The van der Waals surface area contributed by atoms with Gasteiger partial charge in [0, 0.05) is 12.8 Å². The monoisotopic (exact) mass is 958 g/mol. The van der Waals surface area contributed by atoms with Gasteiger partial charge in [-0.15, -0.1) is 0 Å². The molecule has 3 N–H and O–H groups in total. The number of rotatable bonds is 57. The second-order valence-electron chi connectivity index (χ2n) is 21.0. The summed E-state index contributed by atoms with van der Waals surface area (Å²) in [4.78, 5) is 24.4. The van der Waals surface area contributed by atoms with Crippen molar-refractivity contribution in [2.75, 3.05) is 13.2 Å². The van der Waals surface area contributed by atoms with Gasteiger partial charge >= 0.3 is 5.97 Å². The molecule has 402 valence electrons. The van der Waals surface area contributed by atoms with Gasteiger partial charge in [-0.25, -0.2) is 0 Å². The van der Waals surface area contributed by atoms with Crippen LogP contribution in [0.3, 0.4) is 0 Å². The van der Waals surface area contributed by atoms with E-state index in [1.54, 1.807) is 6.08 Å². The average molecular weight is 959 g/mol. The van der Waals surface area contributed by atoms with Crippen LogP contribution < -0.4 is 5.32 Å². The van der Waals surface area contributed by atoms with Crippen LogP contribution in [0.5, 0.6) is 0 Å². The summed E-state index contributed by atoms with van der Waals surface area (Å²) in [5, 5.41) is 22.9. The van der Waals surface area contributed by atoms with Crippen LogP contribution >= 0.6 is 0 Å². The summed E-state index contributed by atoms with van der Waals surface area (Å²) in [5.41, 5.74) is 0. The summed E-state index contributed by atoms with van der Waals surface area (Å²) < 4.78 is 5.48. The average Bonchev–Trinajstić information content (AvgIpc) is 3.34. The first-order chi connectivity index (χ1) is 33.5. The van der Waals surface area contributed by atoms with Crippen LogP contribution in [0.1, 0.15) is 335 Å². The molecule has 0 spiro atoms. The first kappa shape index (κ1) is 66.3. The van der Waals surface area contributed by atoms with Gasteiger partial charge in [0.15, 0.2) is 0 Å². The minimum absolute atomic E-state index is 0.0177. The van der Waals surface area contributed by atoms with Gasteiger partial charge < -0.3 is 20.3 Å². The lowest BCUT2D eigenvalue weighted by molar-refractivity contribution is -0.143. The van der Waals surface area contributed by atoms with Gasteiger partial charge in [0.1, 0.15) is 0 Å². The zero-order valence-electron chi connectivity index (χ0n) is 45.9. The quantitative estimate of drug-likeness (QED) is 0.0321. The fraction of sp³-hybridized carbons (Fsp3) is 0.903. The number of aliphatic hydroxyl groups excluding tert-OH is 2. The fourth-order valence-electron chi connectivity index (χ4n) is 9.51. The Hall–Kier alpha value is -1.66. The zero-order valence-corrected chi connectivity index (χ0v) is 45.9. The van der Waals surface area contributed by atoms with Crippen molar-refractivity contribution in [2.24, 2.45) is 0 Å². The van der Waals surface area contributed by atoms with Crippen molar-refractivity contribution in [3.05, 3.63) is 24.3 Å². The van der Waals surface area contributed by atoms with Crippen LogP contribution in [-0.4, -0.2) is 47.4 Å². The number of aliphatic hydroxyl groups is 2. The predicted octanol–water partition coefficient (Wildman–Crippen LogP) is 19.0. The topological polar surface area (TPSA) is 95.9 Å². The molecule has 0 fully saturated rings. The minimum Gasteiger partial charge on any atom is -0.466 e. The molecule has 0 bridgehead atoms.